The Morgan fingerprint density at radius 3 is 2.71 bits per heavy atom. The van der Waals surface area contributed by atoms with E-state index in [0.717, 1.165) is 29.5 Å². The number of rotatable bonds is 7. The summed E-state index contributed by atoms with van der Waals surface area (Å²) in [6, 6.07) is 0.534. The molecule has 1 rings (SSSR count). The molecule has 0 fully saturated rings. The molecule has 1 aromatic rings. The van der Waals surface area contributed by atoms with Crippen molar-refractivity contribution in [3.63, 3.8) is 0 Å². The van der Waals surface area contributed by atoms with Gasteiger partial charge in [-0.05, 0) is 27.2 Å². The Kier molecular flexibility index (Phi) is 6.00. The van der Waals surface area contributed by atoms with Crippen LogP contribution in [0.2, 0.25) is 5.02 Å². The van der Waals surface area contributed by atoms with E-state index in [-0.39, 0.29) is 0 Å². The van der Waals surface area contributed by atoms with Crippen LogP contribution in [0.15, 0.2) is 0 Å². The van der Waals surface area contributed by atoms with Gasteiger partial charge >= 0.3 is 0 Å². The summed E-state index contributed by atoms with van der Waals surface area (Å²) in [6.45, 7) is 10.2. The quantitative estimate of drug-likeness (QED) is 0.810. The Labute approximate surface area is 110 Å². The summed E-state index contributed by atoms with van der Waals surface area (Å²) in [5.74, 6) is 0. The Morgan fingerprint density at radius 2 is 2.12 bits per heavy atom. The maximum Gasteiger partial charge on any atom is 0.0860 e. The Hall–Kier alpha value is -0.540. The molecule has 0 radical (unpaired) electrons. The van der Waals surface area contributed by atoms with Gasteiger partial charge in [0.2, 0.25) is 0 Å². The summed E-state index contributed by atoms with van der Waals surface area (Å²) >= 11 is 6.26. The number of nitrogens with zero attached hydrogens (tertiary/aromatic N) is 2. The molecule has 1 N–H and O–H groups in total. The van der Waals surface area contributed by atoms with Gasteiger partial charge in [-0.15, -0.1) is 0 Å². The Balaban J connectivity index is 2.56. The van der Waals surface area contributed by atoms with E-state index in [1.54, 1.807) is 0 Å². The predicted octanol–water partition coefficient (Wildman–Crippen LogP) is 3.53. The summed E-state index contributed by atoms with van der Waals surface area (Å²) in [5.41, 5.74) is 2.03. The zero-order valence-corrected chi connectivity index (χ0v) is 12.1. The molecule has 0 aliphatic carbocycles. The third kappa shape index (κ3) is 4.00. The van der Waals surface area contributed by atoms with E-state index in [9.17, 15) is 0 Å². The average molecular weight is 258 g/mol. The molecule has 0 amide bonds. The van der Waals surface area contributed by atoms with Gasteiger partial charge in [-0.1, -0.05) is 31.4 Å². The first-order valence-electron chi connectivity index (χ1n) is 6.55. The second-order valence-corrected chi connectivity index (χ2v) is 4.96. The largest absolute Gasteiger partial charge is 0.309 e. The number of aromatic nitrogens is 2. The highest BCUT2D eigenvalue weighted by molar-refractivity contribution is 6.31. The first kappa shape index (κ1) is 14.5. The van der Waals surface area contributed by atoms with E-state index < -0.39 is 0 Å². The first-order chi connectivity index (χ1) is 8.10. The van der Waals surface area contributed by atoms with Crippen molar-refractivity contribution in [2.75, 3.05) is 0 Å². The fraction of sp³-hybridized carbons (Fsp3) is 0.769. The Morgan fingerprint density at radius 1 is 1.41 bits per heavy atom. The van der Waals surface area contributed by atoms with Gasteiger partial charge in [0.15, 0.2) is 0 Å². The summed E-state index contributed by atoms with van der Waals surface area (Å²) in [5, 5.41) is 8.74. The van der Waals surface area contributed by atoms with E-state index in [2.05, 4.69) is 31.2 Å². The van der Waals surface area contributed by atoms with Crippen molar-refractivity contribution in [3.8, 4) is 0 Å². The summed E-state index contributed by atoms with van der Waals surface area (Å²) < 4.78 is 1.98. The lowest BCUT2D eigenvalue weighted by Crippen LogP contribution is -2.26. The van der Waals surface area contributed by atoms with E-state index >= 15 is 0 Å². The van der Waals surface area contributed by atoms with Gasteiger partial charge in [0.05, 0.1) is 16.4 Å². The van der Waals surface area contributed by atoms with Crippen LogP contribution in [-0.2, 0) is 13.1 Å². The van der Waals surface area contributed by atoms with Crippen LogP contribution < -0.4 is 5.32 Å². The predicted molar refractivity (Wildman–Crippen MR) is 73.5 cm³/mol. The van der Waals surface area contributed by atoms with Gasteiger partial charge in [0.1, 0.15) is 0 Å². The van der Waals surface area contributed by atoms with Crippen LogP contribution in [0, 0.1) is 6.92 Å². The van der Waals surface area contributed by atoms with E-state index in [1.165, 1.54) is 19.3 Å². The minimum atomic E-state index is 0.534. The lowest BCUT2D eigenvalue weighted by Gasteiger charge is -2.14. The highest BCUT2D eigenvalue weighted by atomic mass is 35.5. The van der Waals surface area contributed by atoms with Crippen molar-refractivity contribution in [3.05, 3.63) is 16.4 Å². The summed E-state index contributed by atoms with van der Waals surface area (Å²) in [4.78, 5) is 0. The van der Waals surface area contributed by atoms with Crippen molar-refractivity contribution < 1.29 is 0 Å². The van der Waals surface area contributed by atoms with Crippen LogP contribution in [0.3, 0.4) is 0 Å². The second-order valence-electron chi connectivity index (χ2n) is 4.59. The summed E-state index contributed by atoms with van der Waals surface area (Å²) in [7, 11) is 0. The molecule has 0 saturated heterocycles. The van der Waals surface area contributed by atoms with Crippen molar-refractivity contribution >= 4 is 11.6 Å². The molecule has 1 aromatic heterocycles. The van der Waals surface area contributed by atoms with Crippen LogP contribution >= 0.6 is 11.6 Å². The number of halogens is 1. The minimum absolute atomic E-state index is 0.534. The molecule has 0 aliphatic heterocycles. The number of hydrogen-bond donors (Lipinski definition) is 1. The number of aryl methyl sites for hydroxylation is 2. The molecule has 0 aromatic carbocycles. The van der Waals surface area contributed by atoms with Gasteiger partial charge in [-0.3, -0.25) is 4.68 Å². The molecule has 17 heavy (non-hydrogen) atoms. The molecule has 0 saturated carbocycles. The second kappa shape index (κ2) is 7.02. The minimum Gasteiger partial charge on any atom is -0.309 e. The molecule has 0 spiro atoms. The molecule has 4 heteroatoms. The topological polar surface area (TPSA) is 29.9 Å². The normalized spacial score (nSPS) is 13.0. The maximum atomic E-state index is 6.26. The molecule has 98 valence electrons. The lowest BCUT2D eigenvalue weighted by molar-refractivity contribution is 0.477. The van der Waals surface area contributed by atoms with Crippen LogP contribution in [-0.4, -0.2) is 15.8 Å². The van der Waals surface area contributed by atoms with Crippen molar-refractivity contribution in [2.45, 2.75) is 66.1 Å². The van der Waals surface area contributed by atoms with Gasteiger partial charge in [-0.2, -0.15) is 5.10 Å². The van der Waals surface area contributed by atoms with Gasteiger partial charge in [0.25, 0.3) is 0 Å². The first-order valence-corrected chi connectivity index (χ1v) is 6.93. The van der Waals surface area contributed by atoms with E-state index in [4.69, 9.17) is 11.6 Å². The van der Waals surface area contributed by atoms with Crippen molar-refractivity contribution in [1.29, 1.82) is 0 Å². The standard InChI is InChI=1S/C13H24ClN3/c1-5-7-8-10(3)15-9-12-13(14)11(4)16-17(12)6-2/h10,15H,5-9H2,1-4H3. The maximum absolute atomic E-state index is 6.26. The molecule has 1 heterocycles. The molecule has 1 unspecified atom stereocenters. The molecule has 1 atom stereocenters. The van der Waals surface area contributed by atoms with Crippen molar-refractivity contribution in [1.82, 2.24) is 15.1 Å². The molecular weight excluding hydrogens is 234 g/mol. The molecule has 3 nitrogen and oxygen atoms in total. The lowest BCUT2D eigenvalue weighted by atomic mass is 10.1. The zero-order chi connectivity index (χ0) is 12.8. The third-order valence-electron chi connectivity index (χ3n) is 3.06. The third-order valence-corrected chi connectivity index (χ3v) is 3.55. The number of unbranched alkanes of at least 4 members (excludes halogenated alkanes) is 1. The van der Waals surface area contributed by atoms with Gasteiger partial charge in [-0.25, -0.2) is 0 Å². The van der Waals surface area contributed by atoms with Crippen LogP contribution in [0.4, 0.5) is 0 Å². The fourth-order valence-corrected chi connectivity index (χ4v) is 2.12. The highest BCUT2D eigenvalue weighted by Gasteiger charge is 2.12. The highest BCUT2D eigenvalue weighted by Crippen LogP contribution is 2.20. The smallest absolute Gasteiger partial charge is 0.0860 e. The van der Waals surface area contributed by atoms with Crippen LogP contribution in [0.5, 0.6) is 0 Å². The Bertz CT molecular complexity index is 347. The van der Waals surface area contributed by atoms with E-state index in [1.807, 2.05) is 11.6 Å². The molecular formula is C13H24ClN3. The number of hydrogen-bond acceptors (Lipinski definition) is 2. The molecule has 0 aliphatic rings. The van der Waals surface area contributed by atoms with Gasteiger partial charge in [0, 0.05) is 19.1 Å². The van der Waals surface area contributed by atoms with Crippen LogP contribution in [0.25, 0.3) is 0 Å². The van der Waals surface area contributed by atoms with Gasteiger partial charge < -0.3 is 5.32 Å². The monoisotopic (exact) mass is 257 g/mol. The summed E-state index contributed by atoms with van der Waals surface area (Å²) in [6.07, 6.45) is 3.74. The molecule has 0 bridgehead atoms. The zero-order valence-electron chi connectivity index (χ0n) is 11.4. The average Bonchev–Trinajstić information content (AvgIpc) is 2.60. The van der Waals surface area contributed by atoms with Crippen LogP contribution in [0.1, 0.15) is 51.4 Å². The van der Waals surface area contributed by atoms with E-state index in [0.29, 0.717) is 6.04 Å². The SMILES string of the molecule is CCCCC(C)NCc1c(Cl)c(C)nn1CC. The van der Waals surface area contributed by atoms with Crippen molar-refractivity contribution in [2.24, 2.45) is 0 Å². The number of nitrogens with one attached hydrogen (secondary N) is 1. The fourth-order valence-electron chi connectivity index (χ4n) is 1.92.